The van der Waals surface area contributed by atoms with Crippen molar-refractivity contribution >= 4 is 21.9 Å². The average molecular weight is 314 g/mol. The molecule has 0 unspecified atom stereocenters. The molecular formula is C12H14N2O6S. The maximum absolute atomic E-state index is 12.4. The van der Waals surface area contributed by atoms with Crippen molar-refractivity contribution in [3.63, 3.8) is 0 Å². The van der Waals surface area contributed by atoms with Gasteiger partial charge in [0.1, 0.15) is 6.04 Å². The molecule has 0 aromatic heterocycles. The van der Waals surface area contributed by atoms with Crippen LogP contribution in [0.1, 0.15) is 16.8 Å². The van der Waals surface area contributed by atoms with Gasteiger partial charge in [0, 0.05) is 18.5 Å². The van der Waals surface area contributed by atoms with E-state index >= 15 is 0 Å². The number of nitrogens with two attached hydrogens (primary N) is 1. The third-order valence-corrected chi connectivity index (χ3v) is 5.15. The number of amides is 1. The number of aliphatic hydroxyl groups is 1. The summed E-state index contributed by atoms with van der Waals surface area (Å²) in [6.45, 7) is -0.281. The van der Waals surface area contributed by atoms with E-state index in [2.05, 4.69) is 0 Å². The normalized spacial score (nSPS) is 23.1. The molecule has 0 radical (unpaired) electrons. The summed E-state index contributed by atoms with van der Waals surface area (Å²) in [5, 5.41) is 18.6. The lowest BCUT2D eigenvalue weighted by Crippen LogP contribution is -2.40. The Morgan fingerprint density at radius 2 is 1.81 bits per heavy atom. The number of carbonyl (C=O) groups is 2. The van der Waals surface area contributed by atoms with Gasteiger partial charge in [0.25, 0.3) is 0 Å². The van der Waals surface area contributed by atoms with Gasteiger partial charge in [0.2, 0.25) is 15.9 Å². The van der Waals surface area contributed by atoms with Crippen molar-refractivity contribution in [1.29, 1.82) is 0 Å². The van der Waals surface area contributed by atoms with Gasteiger partial charge in [0.05, 0.1) is 11.0 Å². The maximum atomic E-state index is 12.4. The number of β-amino-alcohol motifs (C(OH)–C–C–N with tert-alkyl or cyclic N) is 1. The largest absolute Gasteiger partial charge is 0.480 e. The number of hydrogen-bond donors (Lipinski definition) is 3. The average Bonchev–Trinajstić information content (AvgIpc) is 2.82. The Morgan fingerprint density at radius 1 is 1.24 bits per heavy atom. The van der Waals surface area contributed by atoms with Crippen LogP contribution in [-0.4, -0.2) is 53.5 Å². The molecule has 1 amide bonds. The second-order valence-electron chi connectivity index (χ2n) is 4.71. The fraction of sp³-hybridized carbons (Fsp3) is 0.333. The van der Waals surface area contributed by atoms with Gasteiger partial charge in [-0.3, -0.25) is 9.59 Å². The highest BCUT2D eigenvalue weighted by molar-refractivity contribution is 7.89. The van der Waals surface area contributed by atoms with Crippen LogP contribution >= 0.6 is 0 Å². The molecule has 0 bridgehead atoms. The summed E-state index contributed by atoms with van der Waals surface area (Å²) in [7, 11) is -4.07. The fourth-order valence-corrected chi connectivity index (χ4v) is 3.83. The van der Waals surface area contributed by atoms with Gasteiger partial charge in [0.15, 0.2) is 0 Å². The molecule has 8 nitrogen and oxygen atoms in total. The summed E-state index contributed by atoms with van der Waals surface area (Å²) in [6, 6.07) is 3.55. The second kappa shape index (κ2) is 5.43. The quantitative estimate of drug-likeness (QED) is 0.651. The lowest BCUT2D eigenvalue weighted by molar-refractivity contribution is -0.140. The van der Waals surface area contributed by atoms with Gasteiger partial charge in [-0.2, -0.15) is 4.31 Å². The van der Waals surface area contributed by atoms with E-state index in [0.717, 1.165) is 4.31 Å². The first-order chi connectivity index (χ1) is 9.73. The standard InChI is InChI=1S/C12H14N2O6S/c13-11(16)7-1-3-9(4-2-7)21(19,20)14-6-8(15)5-10(14)12(17)18/h1-4,8,10,15H,5-6H2,(H2,13,16)(H,17,18)/t8-,10-/m0/s1. The lowest BCUT2D eigenvalue weighted by Gasteiger charge is -2.20. The van der Waals surface area contributed by atoms with Crippen LogP contribution in [0.3, 0.4) is 0 Å². The summed E-state index contributed by atoms with van der Waals surface area (Å²) in [4.78, 5) is 21.9. The Morgan fingerprint density at radius 3 is 2.29 bits per heavy atom. The predicted octanol–water partition coefficient (Wildman–Crippen LogP) is -1.01. The minimum atomic E-state index is -4.07. The number of nitrogens with zero attached hydrogens (tertiary/aromatic N) is 1. The van der Waals surface area contributed by atoms with E-state index in [-0.39, 0.29) is 23.4 Å². The Balaban J connectivity index is 2.37. The van der Waals surface area contributed by atoms with E-state index in [1.165, 1.54) is 24.3 Å². The third-order valence-electron chi connectivity index (χ3n) is 3.26. The number of benzene rings is 1. The van der Waals surface area contributed by atoms with Crippen LogP contribution in [0.4, 0.5) is 0 Å². The fourth-order valence-electron chi connectivity index (χ4n) is 2.20. The Hall–Kier alpha value is -1.97. The molecule has 1 saturated heterocycles. The van der Waals surface area contributed by atoms with Crippen LogP contribution in [0.2, 0.25) is 0 Å². The molecule has 9 heteroatoms. The summed E-state index contributed by atoms with van der Waals surface area (Å²) < 4.78 is 25.6. The van der Waals surface area contributed by atoms with Crippen molar-refractivity contribution in [1.82, 2.24) is 4.31 Å². The maximum Gasteiger partial charge on any atom is 0.322 e. The highest BCUT2D eigenvalue weighted by Crippen LogP contribution is 2.26. The van der Waals surface area contributed by atoms with Gasteiger partial charge in [-0.25, -0.2) is 8.42 Å². The van der Waals surface area contributed by atoms with Crippen molar-refractivity contribution in [2.75, 3.05) is 6.54 Å². The van der Waals surface area contributed by atoms with E-state index in [0.29, 0.717) is 0 Å². The van der Waals surface area contributed by atoms with Crippen molar-refractivity contribution in [3.05, 3.63) is 29.8 Å². The zero-order valence-corrected chi connectivity index (χ0v) is 11.7. The molecule has 1 fully saturated rings. The second-order valence-corrected chi connectivity index (χ2v) is 6.60. The number of aliphatic carboxylic acids is 1. The first kappa shape index (κ1) is 15.4. The topological polar surface area (TPSA) is 138 Å². The van der Waals surface area contributed by atoms with E-state index in [1.54, 1.807) is 0 Å². The molecule has 1 aromatic rings. The minimum Gasteiger partial charge on any atom is -0.480 e. The number of carbonyl (C=O) groups excluding carboxylic acids is 1. The number of rotatable bonds is 4. The Kier molecular flexibility index (Phi) is 3.99. The van der Waals surface area contributed by atoms with Gasteiger partial charge >= 0.3 is 5.97 Å². The molecule has 2 atom stereocenters. The molecule has 0 spiro atoms. The molecule has 114 valence electrons. The summed E-state index contributed by atoms with van der Waals surface area (Å²) in [5.74, 6) is -2.01. The van der Waals surface area contributed by atoms with Gasteiger partial charge in [-0.05, 0) is 24.3 Å². The Labute approximate surface area is 120 Å². The Bertz CT molecular complexity index is 669. The summed E-state index contributed by atoms with van der Waals surface area (Å²) in [6.07, 6.45) is -1.18. The van der Waals surface area contributed by atoms with E-state index in [1.807, 2.05) is 0 Å². The van der Waals surface area contributed by atoms with Gasteiger partial charge < -0.3 is 15.9 Å². The first-order valence-electron chi connectivity index (χ1n) is 6.06. The third kappa shape index (κ3) is 2.89. The van der Waals surface area contributed by atoms with Crippen LogP contribution in [0, 0.1) is 0 Å². The predicted molar refractivity (Wildman–Crippen MR) is 70.9 cm³/mol. The number of sulfonamides is 1. The molecule has 1 heterocycles. The zero-order chi connectivity index (χ0) is 15.8. The lowest BCUT2D eigenvalue weighted by atomic mass is 10.2. The molecule has 1 aliphatic rings. The summed E-state index contributed by atoms with van der Waals surface area (Å²) >= 11 is 0. The SMILES string of the molecule is NC(=O)c1ccc(S(=O)(=O)N2C[C@@H](O)C[C@H]2C(=O)O)cc1. The molecule has 21 heavy (non-hydrogen) atoms. The van der Waals surface area contributed by atoms with E-state index in [9.17, 15) is 23.1 Å². The van der Waals surface area contributed by atoms with Crippen LogP contribution in [0.15, 0.2) is 29.2 Å². The monoisotopic (exact) mass is 314 g/mol. The first-order valence-corrected chi connectivity index (χ1v) is 7.50. The number of carboxylic acid groups (broad SMARTS) is 1. The smallest absolute Gasteiger partial charge is 0.322 e. The van der Waals surface area contributed by atoms with Crippen molar-refractivity contribution in [2.45, 2.75) is 23.5 Å². The van der Waals surface area contributed by atoms with Crippen molar-refractivity contribution in [3.8, 4) is 0 Å². The number of carboxylic acids is 1. The van der Waals surface area contributed by atoms with Crippen molar-refractivity contribution in [2.24, 2.45) is 5.73 Å². The minimum absolute atomic E-state index is 0.144. The zero-order valence-electron chi connectivity index (χ0n) is 10.8. The van der Waals surface area contributed by atoms with E-state index in [4.69, 9.17) is 10.8 Å². The molecule has 0 saturated carbocycles. The van der Waals surface area contributed by atoms with E-state index < -0.39 is 34.0 Å². The molecule has 0 aliphatic carbocycles. The van der Waals surface area contributed by atoms with Crippen LogP contribution in [0.5, 0.6) is 0 Å². The van der Waals surface area contributed by atoms with Crippen LogP contribution in [-0.2, 0) is 14.8 Å². The molecular weight excluding hydrogens is 300 g/mol. The van der Waals surface area contributed by atoms with Crippen LogP contribution in [0.25, 0.3) is 0 Å². The van der Waals surface area contributed by atoms with Crippen molar-refractivity contribution < 1.29 is 28.2 Å². The molecule has 4 N–H and O–H groups in total. The number of aliphatic hydroxyl groups excluding tert-OH is 1. The number of primary amides is 1. The number of hydrogen-bond acceptors (Lipinski definition) is 5. The van der Waals surface area contributed by atoms with Crippen LogP contribution < -0.4 is 5.73 Å². The summed E-state index contributed by atoms with van der Waals surface area (Å²) in [5.41, 5.74) is 5.21. The molecule has 2 rings (SSSR count). The highest BCUT2D eigenvalue weighted by atomic mass is 32.2. The van der Waals surface area contributed by atoms with Gasteiger partial charge in [-0.15, -0.1) is 0 Å². The molecule has 1 aromatic carbocycles. The highest BCUT2D eigenvalue weighted by Gasteiger charge is 2.43. The van der Waals surface area contributed by atoms with Gasteiger partial charge in [-0.1, -0.05) is 0 Å². The molecule has 1 aliphatic heterocycles.